The van der Waals surface area contributed by atoms with E-state index >= 15 is 0 Å². The third kappa shape index (κ3) is 3.59. The van der Waals surface area contributed by atoms with Gasteiger partial charge in [0, 0.05) is 5.02 Å². The number of carbonyl (C=O) groups excluding carboxylic acids is 1. The molecule has 0 saturated heterocycles. The Hall–Kier alpha value is -2.37. The molecule has 5 nitrogen and oxygen atoms in total. The predicted octanol–water partition coefficient (Wildman–Crippen LogP) is 2.68. The summed E-state index contributed by atoms with van der Waals surface area (Å²) in [4.78, 5) is 23.3. The summed E-state index contributed by atoms with van der Waals surface area (Å²) in [6.07, 6.45) is 0. The van der Waals surface area contributed by atoms with Gasteiger partial charge in [-0.3, -0.25) is 4.79 Å². The normalized spacial score (nSPS) is 11.7. The largest absolute Gasteiger partial charge is 0.478 e. The number of hydrogen-bond acceptors (Lipinski definition) is 3. The van der Waals surface area contributed by atoms with Gasteiger partial charge in [-0.1, -0.05) is 41.9 Å². The number of halogens is 1. The van der Waals surface area contributed by atoms with E-state index in [0.29, 0.717) is 5.56 Å². The molecule has 0 aliphatic rings. The van der Waals surface area contributed by atoms with Crippen molar-refractivity contribution in [3.8, 4) is 0 Å². The third-order valence-electron chi connectivity index (χ3n) is 2.91. The van der Waals surface area contributed by atoms with Crippen LogP contribution in [0.15, 0.2) is 48.5 Å². The molecule has 2 rings (SSSR count). The molecule has 21 heavy (non-hydrogen) atoms. The number of carboxylic acids is 1. The van der Waals surface area contributed by atoms with Crippen LogP contribution in [0.4, 0.5) is 5.69 Å². The van der Waals surface area contributed by atoms with Gasteiger partial charge in [-0.2, -0.15) is 0 Å². The van der Waals surface area contributed by atoms with Crippen LogP contribution in [-0.4, -0.2) is 17.0 Å². The minimum absolute atomic E-state index is 0.0869. The molecule has 0 radical (unpaired) electrons. The zero-order chi connectivity index (χ0) is 15.4. The molecular formula is C15H13ClN2O3. The summed E-state index contributed by atoms with van der Waals surface area (Å²) in [7, 11) is 0. The van der Waals surface area contributed by atoms with Crippen molar-refractivity contribution in [3.63, 3.8) is 0 Å². The first-order chi connectivity index (χ1) is 9.99. The molecule has 4 N–H and O–H groups in total. The SMILES string of the molecule is N[C@@H](C(=O)Nc1ccc(Cl)cc1C(=O)O)c1ccccc1. The van der Waals surface area contributed by atoms with E-state index in [4.69, 9.17) is 22.4 Å². The molecule has 6 heteroatoms. The van der Waals surface area contributed by atoms with Crippen LogP contribution in [0, 0.1) is 0 Å². The maximum absolute atomic E-state index is 12.1. The van der Waals surface area contributed by atoms with Gasteiger partial charge in [0.25, 0.3) is 0 Å². The number of hydrogen-bond donors (Lipinski definition) is 3. The maximum atomic E-state index is 12.1. The van der Waals surface area contributed by atoms with Crippen LogP contribution in [0.1, 0.15) is 22.0 Å². The van der Waals surface area contributed by atoms with E-state index in [-0.39, 0.29) is 16.3 Å². The number of carboxylic acid groups (broad SMARTS) is 1. The van der Waals surface area contributed by atoms with Crippen LogP contribution in [0.3, 0.4) is 0 Å². The van der Waals surface area contributed by atoms with Gasteiger partial charge in [-0.25, -0.2) is 4.79 Å². The van der Waals surface area contributed by atoms with Crippen LogP contribution >= 0.6 is 11.6 Å². The Kier molecular flexibility index (Phi) is 4.57. The number of nitrogens with one attached hydrogen (secondary N) is 1. The average Bonchev–Trinajstić information content (AvgIpc) is 2.49. The van der Waals surface area contributed by atoms with E-state index in [1.165, 1.54) is 18.2 Å². The van der Waals surface area contributed by atoms with Gasteiger partial charge in [-0.05, 0) is 23.8 Å². The molecule has 0 bridgehead atoms. The zero-order valence-electron chi connectivity index (χ0n) is 10.9. The Morgan fingerprint density at radius 1 is 1.14 bits per heavy atom. The summed E-state index contributed by atoms with van der Waals surface area (Å²) in [5.74, 6) is -1.67. The number of rotatable bonds is 4. The summed E-state index contributed by atoms with van der Waals surface area (Å²) in [5.41, 5.74) is 6.57. The Labute approximate surface area is 126 Å². The van der Waals surface area contributed by atoms with Crippen LogP contribution in [-0.2, 0) is 4.79 Å². The number of amides is 1. The molecule has 0 heterocycles. The van der Waals surface area contributed by atoms with E-state index < -0.39 is 17.9 Å². The molecule has 0 aromatic heterocycles. The summed E-state index contributed by atoms with van der Waals surface area (Å²) < 4.78 is 0. The second-order valence-corrected chi connectivity index (χ2v) is 4.81. The number of carbonyl (C=O) groups is 2. The lowest BCUT2D eigenvalue weighted by atomic mass is 10.1. The molecule has 0 unspecified atom stereocenters. The lowest BCUT2D eigenvalue weighted by molar-refractivity contribution is -0.117. The van der Waals surface area contributed by atoms with Crippen molar-refractivity contribution in [1.82, 2.24) is 0 Å². The van der Waals surface area contributed by atoms with Crippen molar-refractivity contribution >= 4 is 29.2 Å². The lowest BCUT2D eigenvalue weighted by Gasteiger charge is -2.14. The van der Waals surface area contributed by atoms with Gasteiger partial charge < -0.3 is 16.2 Å². The fourth-order valence-corrected chi connectivity index (χ4v) is 2.00. The monoisotopic (exact) mass is 304 g/mol. The van der Waals surface area contributed by atoms with Gasteiger partial charge >= 0.3 is 5.97 Å². The summed E-state index contributed by atoms with van der Waals surface area (Å²) in [6, 6.07) is 12.1. The first-order valence-electron chi connectivity index (χ1n) is 6.13. The topological polar surface area (TPSA) is 92.4 Å². The number of anilines is 1. The van der Waals surface area contributed by atoms with Gasteiger partial charge in [0.05, 0.1) is 11.3 Å². The fourth-order valence-electron chi connectivity index (χ4n) is 1.82. The van der Waals surface area contributed by atoms with Gasteiger partial charge in [0.1, 0.15) is 6.04 Å². The smallest absolute Gasteiger partial charge is 0.337 e. The van der Waals surface area contributed by atoms with E-state index in [0.717, 1.165) is 0 Å². The Morgan fingerprint density at radius 3 is 2.43 bits per heavy atom. The Bertz CT molecular complexity index is 674. The summed E-state index contributed by atoms with van der Waals surface area (Å²) in [5, 5.41) is 11.9. The standard InChI is InChI=1S/C15H13ClN2O3/c16-10-6-7-12(11(8-10)15(20)21)18-14(19)13(17)9-4-2-1-3-5-9/h1-8,13H,17H2,(H,18,19)(H,20,21)/t13-/m1/s1. The highest BCUT2D eigenvalue weighted by Crippen LogP contribution is 2.22. The average molecular weight is 305 g/mol. The zero-order valence-corrected chi connectivity index (χ0v) is 11.7. The van der Waals surface area contributed by atoms with Crippen molar-refractivity contribution in [3.05, 3.63) is 64.7 Å². The molecule has 0 spiro atoms. The molecule has 1 amide bonds. The second-order valence-electron chi connectivity index (χ2n) is 4.37. The van der Waals surface area contributed by atoms with Crippen molar-refractivity contribution in [2.24, 2.45) is 5.73 Å². The van der Waals surface area contributed by atoms with Crippen LogP contribution in [0.2, 0.25) is 5.02 Å². The third-order valence-corrected chi connectivity index (χ3v) is 3.15. The van der Waals surface area contributed by atoms with E-state index in [1.807, 2.05) is 6.07 Å². The molecule has 0 fully saturated rings. The molecule has 0 aliphatic heterocycles. The molecule has 0 aliphatic carbocycles. The number of aromatic carboxylic acids is 1. The Morgan fingerprint density at radius 2 is 1.81 bits per heavy atom. The van der Waals surface area contributed by atoms with Gasteiger partial charge in [0.2, 0.25) is 5.91 Å². The van der Waals surface area contributed by atoms with Gasteiger partial charge in [0.15, 0.2) is 0 Å². The molecule has 1 atom stereocenters. The highest BCUT2D eigenvalue weighted by Gasteiger charge is 2.18. The van der Waals surface area contributed by atoms with E-state index in [1.54, 1.807) is 24.3 Å². The van der Waals surface area contributed by atoms with Gasteiger partial charge in [-0.15, -0.1) is 0 Å². The van der Waals surface area contributed by atoms with E-state index in [2.05, 4.69) is 5.32 Å². The van der Waals surface area contributed by atoms with Crippen molar-refractivity contribution in [2.75, 3.05) is 5.32 Å². The maximum Gasteiger partial charge on any atom is 0.337 e. The predicted molar refractivity (Wildman–Crippen MR) is 80.4 cm³/mol. The van der Waals surface area contributed by atoms with Crippen LogP contribution < -0.4 is 11.1 Å². The lowest BCUT2D eigenvalue weighted by Crippen LogP contribution is -2.28. The summed E-state index contributed by atoms with van der Waals surface area (Å²) in [6.45, 7) is 0. The highest BCUT2D eigenvalue weighted by molar-refractivity contribution is 6.31. The minimum atomic E-state index is -1.18. The number of benzene rings is 2. The molecular weight excluding hydrogens is 292 g/mol. The van der Waals surface area contributed by atoms with Crippen LogP contribution in [0.5, 0.6) is 0 Å². The highest BCUT2D eigenvalue weighted by atomic mass is 35.5. The molecule has 0 saturated carbocycles. The second kappa shape index (κ2) is 6.39. The molecule has 108 valence electrons. The van der Waals surface area contributed by atoms with Crippen molar-refractivity contribution in [1.29, 1.82) is 0 Å². The van der Waals surface area contributed by atoms with Crippen molar-refractivity contribution in [2.45, 2.75) is 6.04 Å². The first-order valence-corrected chi connectivity index (χ1v) is 6.51. The first kappa shape index (κ1) is 15.0. The quantitative estimate of drug-likeness (QED) is 0.809. The number of nitrogens with two attached hydrogens (primary N) is 1. The van der Waals surface area contributed by atoms with E-state index in [9.17, 15) is 9.59 Å². The minimum Gasteiger partial charge on any atom is -0.478 e. The molecule has 2 aromatic carbocycles. The fraction of sp³-hybridized carbons (Fsp3) is 0.0667. The Balaban J connectivity index is 2.22. The van der Waals surface area contributed by atoms with Crippen LogP contribution in [0.25, 0.3) is 0 Å². The van der Waals surface area contributed by atoms with Crippen molar-refractivity contribution < 1.29 is 14.7 Å². The molecule has 2 aromatic rings. The summed E-state index contributed by atoms with van der Waals surface area (Å²) >= 11 is 5.76.